The van der Waals surface area contributed by atoms with Gasteiger partial charge in [0.15, 0.2) is 0 Å². The molecule has 15 heavy (non-hydrogen) atoms. The predicted molar refractivity (Wildman–Crippen MR) is 55.2 cm³/mol. The minimum atomic E-state index is -4.21. The summed E-state index contributed by atoms with van der Waals surface area (Å²) >= 11 is -0.122. The lowest BCUT2D eigenvalue weighted by molar-refractivity contribution is -0.124. The number of nitrogens with one attached hydrogen (secondary N) is 2. The first-order chi connectivity index (χ1) is 6.49. The van der Waals surface area contributed by atoms with Crippen molar-refractivity contribution in [1.82, 2.24) is 10.6 Å². The molecule has 8 heteroatoms. The van der Waals surface area contributed by atoms with E-state index in [0.29, 0.717) is 0 Å². The van der Waals surface area contributed by atoms with E-state index in [1.807, 2.05) is 0 Å². The standard InChI is InChI=1S/C7H11F3N2OS.ClH/c8-7(9,10)14-4-3-12-6(13)5-1-2-11-5;/h5,11H,1-4H2,(H,12,13);1H/t5-;/m1./s1. The Kier molecular flexibility index (Phi) is 6.38. The molecule has 1 saturated heterocycles. The van der Waals surface area contributed by atoms with Gasteiger partial charge < -0.3 is 10.6 Å². The van der Waals surface area contributed by atoms with Crippen molar-refractivity contribution >= 4 is 30.1 Å². The number of carbonyl (C=O) groups is 1. The smallest absolute Gasteiger partial charge is 0.354 e. The summed E-state index contributed by atoms with van der Waals surface area (Å²) in [5, 5.41) is 5.30. The van der Waals surface area contributed by atoms with Crippen LogP contribution in [-0.2, 0) is 4.79 Å². The molecule has 0 saturated carbocycles. The quantitative estimate of drug-likeness (QED) is 0.748. The molecule has 0 aromatic carbocycles. The van der Waals surface area contributed by atoms with Gasteiger partial charge in [0, 0.05) is 12.3 Å². The summed E-state index contributed by atoms with van der Waals surface area (Å²) in [6, 6.07) is -0.203. The molecular weight excluding hydrogens is 253 g/mol. The number of hydrogen-bond donors (Lipinski definition) is 2. The molecule has 0 bridgehead atoms. The van der Waals surface area contributed by atoms with Gasteiger partial charge >= 0.3 is 5.51 Å². The van der Waals surface area contributed by atoms with Crippen LogP contribution in [0.1, 0.15) is 6.42 Å². The van der Waals surface area contributed by atoms with Crippen LogP contribution >= 0.6 is 24.2 Å². The fourth-order valence-corrected chi connectivity index (χ4v) is 1.41. The van der Waals surface area contributed by atoms with Crippen LogP contribution in [0.4, 0.5) is 13.2 Å². The third kappa shape index (κ3) is 6.11. The van der Waals surface area contributed by atoms with Crippen molar-refractivity contribution in [2.45, 2.75) is 18.0 Å². The minimum Gasteiger partial charge on any atom is -0.354 e. The Morgan fingerprint density at radius 3 is 2.53 bits per heavy atom. The first-order valence-corrected chi connectivity index (χ1v) is 5.19. The van der Waals surface area contributed by atoms with Crippen molar-refractivity contribution in [2.75, 3.05) is 18.8 Å². The summed E-state index contributed by atoms with van der Waals surface area (Å²) in [4.78, 5) is 11.1. The Bertz CT molecular complexity index is 211. The highest BCUT2D eigenvalue weighted by atomic mass is 35.5. The van der Waals surface area contributed by atoms with Crippen LogP contribution in [-0.4, -0.2) is 36.3 Å². The number of carbonyl (C=O) groups excluding carboxylic acids is 1. The topological polar surface area (TPSA) is 41.1 Å². The van der Waals surface area contributed by atoms with E-state index in [4.69, 9.17) is 0 Å². The first-order valence-electron chi connectivity index (χ1n) is 4.21. The second-order valence-corrected chi connectivity index (χ2v) is 4.04. The van der Waals surface area contributed by atoms with Crippen molar-refractivity contribution in [3.63, 3.8) is 0 Å². The Hall–Kier alpha value is -0.140. The summed E-state index contributed by atoms with van der Waals surface area (Å²) in [5.41, 5.74) is -4.21. The number of hydrogen-bond acceptors (Lipinski definition) is 3. The number of thioether (sulfide) groups is 1. The maximum Gasteiger partial charge on any atom is 0.441 e. The molecule has 1 rings (SSSR count). The highest BCUT2D eigenvalue weighted by Crippen LogP contribution is 2.29. The maximum atomic E-state index is 11.7. The maximum absolute atomic E-state index is 11.7. The van der Waals surface area contributed by atoms with Gasteiger partial charge in [-0.25, -0.2) is 0 Å². The van der Waals surface area contributed by atoms with Gasteiger partial charge in [-0.3, -0.25) is 4.79 Å². The van der Waals surface area contributed by atoms with Gasteiger partial charge in [-0.2, -0.15) is 13.2 Å². The zero-order valence-electron chi connectivity index (χ0n) is 7.76. The van der Waals surface area contributed by atoms with E-state index < -0.39 is 5.51 Å². The molecule has 1 heterocycles. The molecule has 0 spiro atoms. The van der Waals surface area contributed by atoms with Crippen LogP contribution in [0, 0.1) is 0 Å². The highest BCUT2D eigenvalue weighted by molar-refractivity contribution is 8.00. The van der Waals surface area contributed by atoms with Crippen LogP contribution in [0.25, 0.3) is 0 Å². The normalized spacial score (nSPS) is 20.1. The van der Waals surface area contributed by atoms with Crippen LogP contribution in [0.15, 0.2) is 0 Å². The largest absolute Gasteiger partial charge is 0.441 e. The Morgan fingerprint density at radius 1 is 1.53 bits per heavy atom. The Balaban J connectivity index is 0.00000196. The average Bonchev–Trinajstić information content (AvgIpc) is 1.92. The molecule has 1 amide bonds. The molecule has 3 nitrogen and oxygen atoms in total. The third-order valence-corrected chi connectivity index (χ3v) is 2.54. The monoisotopic (exact) mass is 264 g/mol. The first kappa shape index (κ1) is 14.9. The fourth-order valence-electron chi connectivity index (χ4n) is 0.977. The molecule has 0 aliphatic carbocycles. The lowest BCUT2D eigenvalue weighted by Crippen LogP contribution is -2.53. The molecule has 0 aromatic heterocycles. The zero-order valence-corrected chi connectivity index (χ0v) is 9.40. The van der Waals surface area contributed by atoms with Gasteiger partial charge in [0.05, 0.1) is 6.04 Å². The highest BCUT2D eigenvalue weighted by Gasteiger charge is 2.28. The molecule has 1 aliphatic rings. The van der Waals surface area contributed by atoms with Crippen molar-refractivity contribution in [2.24, 2.45) is 0 Å². The van der Waals surface area contributed by atoms with Crippen molar-refractivity contribution in [3.8, 4) is 0 Å². The number of alkyl halides is 3. The SMILES string of the molecule is Cl.O=C(NCCSC(F)(F)F)[C@H]1CCN1. The van der Waals surface area contributed by atoms with Crippen LogP contribution in [0.3, 0.4) is 0 Å². The van der Waals surface area contributed by atoms with Gasteiger partial charge in [-0.05, 0) is 24.7 Å². The van der Waals surface area contributed by atoms with E-state index in [-0.39, 0.29) is 48.4 Å². The summed E-state index contributed by atoms with van der Waals surface area (Å²) < 4.78 is 35.0. The Morgan fingerprint density at radius 2 is 2.13 bits per heavy atom. The molecule has 0 unspecified atom stereocenters. The predicted octanol–water partition coefficient (Wildman–Crippen LogP) is 1.14. The third-order valence-electron chi connectivity index (χ3n) is 1.81. The molecule has 0 radical (unpaired) electrons. The minimum absolute atomic E-state index is 0. The molecule has 2 N–H and O–H groups in total. The lowest BCUT2D eigenvalue weighted by atomic mass is 10.1. The van der Waals surface area contributed by atoms with Gasteiger partial charge in [0.2, 0.25) is 5.91 Å². The summed E-state index contributed by atoms with van der Waals surface area (Å²) in [6.07, 6.45) is 0.762. The lowest BCUT2D eigenvalue weighted by Gasteiger charge is -2.26. The van der Waals surface area contributed by atoms with E-state index in [1.54, 1.807) is 0 Å². The van der Waals surface area contributed by atoms with Crippen molar-refractivity contribution in [3.05, 3.63) is 0 Å². The van der Waals surface area contributed by atoms with E-state index in [1.165, 1.54) is 0 Å². The fraction of sp³-hybridized carbons (Fsp3) is 0.857. The summed E-state index contributed by atoms with van der Waals surface area (Å²) in [7, 11) is 0. The van der Waals surface area contributed by atoms with Gasteiger partial charge in [0.1, 0.15) is 0 Å². The van der Waals surface area contributed by atoms with Crippen LogP contribution in [0.2, 0.25) is 0 Å². The van der Waals surface area contributed by atoms with E-state index >= 15 is 0 Å². The van der Waals surface area contributed by atoms with Gasteiger partial charge in [-0.15, -0.1) is 12.4 Å². The van der Waals surface area contributed by atoms with E-state index in [0.717, 1.165) is 13.0 Å². The van der Waals surface area contributed by atoms with Crippen LogP contribution in [0.5, 0.6) is 0 Å². The van der Waals surface area contributed by atoms with Crippen molar-refractivity contribution < 1.29 is 18.0 Å². The number of rotatable bonds is 4. The van der Waals surface area contributed by atoms with E-state index in [9.17, 15) is 18.0 Å². The zero-order chi connectivity index (χ0) is 10.6. The Labute approximate surface area is 96.0 Å². The number of halogens is 4. The molecular formula is C7H12ClF3N2OS. The van der Waals surface area contributed by atoms with Gasteiger partial charge in [-0.1, -0.05) is 0 Å². The number of amides is 1. The molecule has 1 fully saturated rings. The second-order valence-electron chi connectivity index (χ2n) is 2.88. The molecule has 1 atom stereocenters. The summed E-state index contributed by atoms with van der Waals surface area (Å²) in [6.45, 7) is 0.858. The second kappa shape index (κ2) is 6.44. The van der Waals surface area contributed by atoms with Crippen molar-refractivity contribution in [1.29, 1.82) is 0 Å². The van der Waals surface area contributed by atoms with E-state index in [2.05, 4.69) is 10.6 Å². The van der Waals surface area contributed by atoms with Crippen LogP contribution < -0.4 is 10.6 Å². The summed E-state index contributed by atoms with van der Waals surface area (Å²) in [5.74, 6) is -0.346. The molecule has 1 aliphatic heterocycles. The van der Waals surface area contributed by atoms with Gasteiger partial charge in [0.25, 0.3) is 0 Å². The molecule has 90 valence electrons. The average molecular weight is 265 g/mol. The molecule has 0 aromatic rings.